The largest absolute Gasteiger partial charge is 0.495 e. The number of hydrogen-bond donors (Lipinski definition) is 1. The molecule has 0 aliphatic heterocycles. The molecule has 3 aromatic rings. The highest BCUT2D eigenvalue weighted by Gasteiger charge is 2.34. The first-order valence-electron chi connectivity index (χ1n) is 13.1. The van der Waals surface area contributed by atoms with E-state index in [-0.39, 0.29) is 41.4 Å². The van der Waals surface area contributed by atoms with Crippen molar-refractivity contribution in [2.24, 2.45) is 0 Å². The van der Waals surface area contributed by atoms with Crippen LogP contribution in [0, 0.1) is 0 Å². The molecule has 0 fully saturated rings. The molecule has 0 saturated heterocycles. The summed E-state index contributed by atoms with van der Waals surface area (Å²) in [5, 5.41) is 3.68. The molecule has 220 valence electrons. The summed E-state index contributed by atoms with van der Waals surface area (Å²) < 4.78 is 32.3. The molecule has 2 amide bonds. The quantitative estimate of drug-likeness (QED) is 0.279. The van der Waals surface area contributed by atoms with E-state index in [1.54, 1.807) is 30.3 Å². The van der Waals surface area contributed by atoms with Crippen LogP contribution in [0.5, 0.6) is 5.75 Å². The van der Waals surface area contributed by atoms with Crippen LogP contribution in [-0.2, 0) is 32.6 Å². The maximum absolute atomic E-state index is 14.2. The highest BCUT2D eigenvalue weighted by atomic mass is 35.5. The van der Waals surface area contributed by atoms with Crippen LogP contribution < -0.4 is 14.4 Å². The lowest BCUT2D eigenvalue weighted by Gasteiger charge is -2.34. The normalized spacial score (nSPS) is 12.7. The lowest BCUT2D eigenvalue weighted by atomic mass is 10.0. The molecule has 0 bridgehead atoms. The predicted molar refractivity (Wildman–Crippen MR) is 164 cm³/mol. The minimum absolute atomic E-state index is 0.0196. The fourth-order valence-electron chi connectivity index (χ4n) is 4.26. The molecule has 0 spiro atoms. The minimum Gasteiger partial charge on any atom is -0.495 e. The number of carbonyl (C=O) groups is 2. The van der Waals surface area contributed by atoms with E-state index in [1.807, 2.05) is 44.2 Å². The van der Waals surface area contributed by atoms with Gasteiger partial charge in [-0.25, -0.2) is 8.42 Å². The third-order valence-electron chi connectivity index (χ3n) is 6.66. The minimum atomic E-state index is -3.98. The van der Waals surface area contributed by atoms with Gasteiger partial charge in [-0.3, -0.25) is 13.9 Å². The second kappa shape index (κ2) is 14.6. The molecule has 3 rings (SSSR count). The second-order valence-electron chi connectivity index (χ2n) is 9.72. The van der Waals surface area contributed by atoms with Crippen LogP contribution >= 0.6 is 23.2 Å². The van der Waals surface area contributed by atoms with Crippen LogP contribution in [-0.4, -0.2) is 57.1 Å². The van der Waals surface area contributed by atoms with Gasteiger partial charge >= 0.3 is 0 Å². The molecule has 0 aliphatic rings. The summed E-state index contributed by atoms with van der Waals surface area (Å²) in [5.41, 5.74) is 1.56. The van der Waals surface area contributed by atoms with Crippen LogP contribution in [0.1, 0.15) is 31.4 Å². The summed E-state index contributed by atoms with van der Waals surface area (Å²) in [7, 11) is -2.59. The third kappa shape index (κ3) is 8.86. The number of nitrogens with one attached hydrogen (secondary N) is 1. The standard InChI is InChI=1S/C30H35Cl2N3O5S/c1-5-21(2)33-30(37)27(17-22-11-7-6-8-12-22)34(19-23-13-9-10-14-25(23)32)29(36)20-35(41(4,38)39)26-18-24(31)15-16-28(26)40-3/h6-16,18,21,27H,5,17,19-20H2,1-4H3,(H,33,37)/t21-,27+/m1/s1. The van der Waals surface area contributed by atoms with Crippen LogP contribution in [0.4, 0.5) is 5.69 Å². The zero-order valence-corrected chi connectivity index (χ0v) is 25.8. The van der Waals surface area contributed by atoms with Gasteiger partial charge in [-0.15, -0.1) is 0 Å². The maximum Gasteiger partial charge on any atom is 0.244 e. The Hall–Kier alpha value is -3.27. The van der Waals surface area contributed by atoms with E-state index in [9.17, 15) is 18.0 Å². The molecule has 8 nitrogen and oxygen atoms in total. The predicted octanol–water partition coefficient (Wildman–Crippen LogP) is 5.32. The van der Waals surface area contributed by atoms with E-state index in [0.717, 1.165) is 16.1 Å². The molecule has 41 heavy (non-hydrogen) atoms. The highest BCUT2D eigenvalue weighted by Crippen LogP contribution is 2.33. The number of anilines is 1. The first kappa shape index (κ1) is 32.2. The summed E-state index contributed by atoms with van der Waals surface area (Å²) in [6.45, 7) is 3.22. The van der Waals surface area contributed by atoms with Gasteiger partial charge in [-0.05, 0) is 48.7 Å². The monoisotopic (exact) mass is 619 g/mol. The molecule has 0 aliphatic carbocycles. The Bertz CT molecular complexity index is 1450. The fourth-order valence-corrected chi connectivity index (χ4v) is 5.46. The number of hydrogen-bond acceptors (Lipinski definition) is 5. The number of sulfonamides is 1. The van der Waals surface area contributed by atoms with Gasteiger partial charge in [-0.2, -0.15) is 0 Å². The van der Waals surface area contributed by atoms with Crippen LogP contribution in [0.3, 0.4) is 0 Å². The Morgan fingerprint density at radius 1 is 1.00 bits per heavy atom. The molecular weight excluding hydrogens is 585 g/mol. The van der Waals surface area contributed by atoms with E-state index in [0.29, 0.717) is 17.0 Å². The van der Waals surface area contributed by atoms with Gasteiger partial charge in [-0.1, -0.05) is 78.7 Å². The topological polar surface area (TPSA) is 96.0 Å². The van der Waals surface area contributed by atoms with Crippen molar-refractivity contribution >= 4 is 50.7 Å². The average Bonchev–Trinajstić information content (AvgIpc) is 2.94. The summed E-state index contributed by atoms with van der Waals surface area (Å²) in [6.07, 6.45) is 1.90. The molecule has 0 heterocycles. The third-order valence-corrected chi connectivity index (χ3v) is 8.39. The molecular formula is C30H35Cl2N3O5S. The van der Waals surface area contributed by atoms with Gasteiger partial charge in [0.1, 0.15) is 18.3 Å². The number of halogens is 2. The number of rotatable bonds is 13. The number of nitrogens with zero attached hydrogens (tertiary/aromatic N) is 2. The fraction of sp³-hybridized carbons (Fsp3) is 0.333. The second-order valence-corrected chi connectivity index (χ2v) is 12.5. The molecule has 0 aromatic heterocycles. The highest BCUT2D eigenvalue weighted by molar-refractivity contribution is 7.92. The summed E-state index contributed by atoms with van der Waals surface area (Å²) in [6, 6.07) is 19.8. The number of amides is 2. The number of benzene rings is 3. The van der Waals surface area contributed by atoms with Gasteiger partial charge in [0.2, 0.25) is 21.8 Å². The van der Waals surface area contributed by atoms with Gasteiger partial charge in [0.05, 0.1) is 19.1 Å². The SMILES string of the molecule is CC[C@@H](C)NC(=O)[C@H](Cc1ccccc1)N(Cc1ccccc1Cl)C(=O)CN(c1cc(Cl)ccc1OC)S(C)(=O)=O. The van der Waals surface area contributed by atoms with Crippen molar-refractivity contribution in [1.82, 2.24) is 10.2 Å². The van der Waals surface area contributed by atoms with E-state index < -0.39 is 28.5 Å². The van der Waals surface area contributed by atoms with Crippen LogP contribution in [0.2, 0.25) is 10.0 Å². The molecule has 2 atom stereocenters. The molecule has 11 heteroatoms. The zero-order chi connectivity index (χ0) is 30.2. The Balaban J connectivity index is 2.11. The Kier molecular flexibility index (Phi) is 11.5. The van der Waals surface area contributed by atoms with Crippen LogP contribution in [0.25, 0.3) is 0 Å². The Labute approximate surface area is 252 Å². The van der Waals surface area contributed by atoms with E-state index in [2.05, 4.69) is 5.32 Å². The molecule has 3 aromatic carbocycles. The van der Waals surface area contributed by atoms with Crippen molar-refractivity contribution in [2.45, 2.75) is 45.3 Å². The smallest absolute Gasteiger partial charge is 0.244 e. The lowest BCUT2D eigenvalue weighted by molar-refractivity contribution is -0.140. The number of methoxy groups -OCH3 is 1. The first-order chi connectivity index (χ1) is 19.4. The Morgan fingerprint density at radius 3 is 2.27 bits per heavy atom. The summed E-state index contributed by atoms with van der Waals surface area (Å²) >= 11 is 12.7. The zero-order valence-electron chi connectivity index (χ0n) is 23.5. The summed E-state index contributed by atoms with van der Waals surface area (Å²) in [4.78, 5) is 29.3. The van der Waals surface area contributed by atoms with Gasteiger partial charge < -0.3 is 15.0 Å². The van der Waals surface area contributed by atoms with Gasteiger partial charge in [0, 0.05) is 29.1 Å². The average molecular weight is 621 g/mol. The van der Waals surface area contributed by atoms with E-state index >= 15 is 0 Å². The van der Waals surface area contributed by atoms with E-state index in [1.165, 1.54) is 24.1 Å². The molecule has 0 radical (unpaired) electrons. The number of ether oxygens (including phenoxy) is 1. The van der Waals surface area contributed by atoms with Gasteiger partial charge in [0.15, 0.2) is 0 Å². The van der Waals surface area contributed by atoms with Gasteiger partial charge in [0.25, 0.3) is 0 Å². The van der Waals surface area contributed by atoms with Crippen molar-refractivity contribution in [2.75, 3.05) is 24.2 Å². The summed E-state index contributed by atoms with van der Waals surface area (Å²) in [5.74, 6) is -0.729. The van der Waals surface area contributed by atoms with Crippen molar-refractivity contribution in [3.05, 3.63) is 94.0 Å². The first-order valence-corrected chi connectivity index (χ1v) is 15.7. The molecule has 0 unspecified atom stereocenters. The van der Waals surface area contributed by atoms with E-state index in [4.69, 9.17) is 27.9 Å². The number of carbonyl (C=O) groups excluding carboxylic acids is 2. The van der Waals surface area contributed by atoms with Crippen molar-refractivity contribution < 1.29 is 22.7 Å². The van der Waals surface area contributed by atoms with Crippen molar-refractivity contribution in [1.29, 1.82) is 0 Å². The van der Waals surface area contributed by atoms with Crippen LogP contribution in [0.15, 0.2) is 72.8 Å². The lowest BCUT2D eigenvalue weighted by Crippen LogP contribution is -2.54. The van der Waals surface area contributed by atoms with Crippen molar-refractivity contribution in [3.63, 3.8) is 0 Å². The maximum atomic E-state index is 14.2. The molecule has 0 saturated carbocycles. The molecule has 1 N–H and O–H groups in total. The Morgan fingerprint density at radius 2 is 1.66 bits per heavy atom. The van der Waals surface area contributed by atoms with Crippen molar-refractivity contribution in [3.8, 4) is 5.75 Å².